The number of ether oxygens (including phenoxy) is 1. The Labute approximate surface area is 96.0 Å². The molecule has 2 N–H and O–H groups in total. The van der Waals surface area contributed by atoms with E-state index >= 15 is 0 Å². The van der Waals surface area contributed by atoms with Crippen molar-refractivity contribution in [3.05, 3.63) is 29.8 Å². The molecule has 0 fully saturated rings. The molecule has 0 aliphatic carbocycles. The van der Waals surface area contributed by atoms with Crippen molar-refractivity contribution in [1.82, 2.24) is 10.9 Å². The average Bonchev–Trinajstić information content (AvgIpc) is 2.25. The van der Waals surface area contributed by atoms with Crippen molar-refractivity contribution < 1.29 is 9.53 Å². The van der Waals surface area contributed by atoms with Gasteiger partial charge in [0.05, 0.1) is 0 Å². The van der Waals surface area contributed by atoms with E-state index in [0.29, 0.717) is 5.75 Å². The molecule has 4 heteroatoms. The monoisotopic (exact) mass is 222 g/mol. The lowest BCUT2D eigenvalue weighted by atomic mass is 10.2. The third-order valence-electron chi connectivity index (χ3n) is 1.89. The average molecular weight is 222 g/mol. The highest BCUT2D eigenvalue weighted by Gasteiger charge is 2.02. The van der Waals surface area contributed by atoms with Crippen LogP contribution in [0.4, 0.5) is 0 Å². The predicted octanol–water partition coefficient (Wildman–Crippen LogP) is 1.40. The Kier molecular flexibility index (Phi) is 4.79. The molecule has 0 spiro atoms. The molecule has 0 atom stereocenters. The minimum Gasteiger partial charge on any atom is -0.484 e. The van der Waals surface area contributed by atoms with Gasteiger partial charge in [-0.2, -0.15) is 0 Å². The van der Waals surface area contributed by atoms with Crippen LogP contribution in [0.2, 0.25) is 0 Å². The van der Waals surface area contributed by atoms with E-state index in [2.05, 4.69) is 10.9 Å². The molecule has 0 unspecified atom stereocenters. The van der Waals surface area contributed by atoms with E-state index in [-0.39, 0.29) is 18.6 Å². The summed E-state index contributed by atoms with van der Waals surface area (Å²) < 4.78 is 5.30. The van der Waals surface area contributed by atoms with Gasteiger partial charge in [-0.05, 0) is 32.9 Å². The lowest BCUT2D eigenvalue weighted by molar-refractivity contribution is -0.124. The van der Waals surface area contributed by atoms with Crippen molar-refractivity contribution >= 4 is 5.91 Å². The lowest BCUT2D eigenvalue weighted by Gasteiger charge is -2.10. The summed E-state index contributed by atoms with van der Waals surface area (Å²) in [6.45, 7) is 5.91. The van der Waals surface area contributed by atoms with Crippen LogP contribution in [0.15, 0.2) is 24.3 Å². The van der Waals surface area contributed by atoms with Crippen molar-refractivity contribution in [2.75, 3.05) is 6.61 Å². The molecule has 1 aromatic carbocycles. The van der Waals surface area contributed by atoms with E-state index < -0.39 is 0 Å². The number of benzene rings is 1. The predicted molar refractivity (Wildman–Crippen MR) is 63.1 cm³/mol. The van der Waals surface area contributed by atoms with Gasteiger partial charge in [-0.3, -0.25) is 10.2 Å². The van der Waals surface area contributed by atoms with Crippen molar-refractivity contribution in [2.24, 2.45) is 0 Å². The summed E-state index contributed by atoms with van der Waals surface area (Å²) in [5.41, 5.74) is 6.53. The Morgan fingerprint density at radius 3 is 2.50 bits per heavy atom. The van der Waals surface area contributed by atoms with Crippen LogP contribution < -0.4 is 15.6 Å². The summed E-state index contributed by atoms with van der Waals surface area (Å²) in [4.78, 5) is 11.3. The Morgan fingerprint density at radius 2 is 1.94 bits per heavy atom. The van der Waals surface area contributed by atoms with Gasteiger partial charge < -0.3 is 4.74 Å². The van der Waals surface area contributed by atoms with Gasteiger partial charge in [-0.25, -0.2) is 5.43 Å². The summed E-state index contributed by atoms with van der Waals surface area (Å²) in [5, 5.41) is 0. The zero-order chi connectivity index (χ0) is 12.0. The molecular weight excluding hydrogens is 204 g/mol. The van der Waals surface area contributed by atoms with E-state index in [1.807, 2.05) is 45.0 Å². The maximum atomic E-state index is 11.3. The van der Waals surface area contributed by atoms with Crippen LogP contribution in [0, 0.1) is 6.92 Å². The maximum absolute atomic E-state index is 11.3. The molecule has 0 saturated carbocycles. The van der Waals surface area contributed by atoms with Crippen molar-refractivity contribution in [3.8, 4) is 5.75 Å². The number of nitrogens with one attached hydrogen (secondary N) is 2. The minimum atomic E-state index is -0.186. The largest absolute Gasteiger partial charge is 0.484 e. The summed E-state index contributed by atoms with van der Waals surface area (Å²) >= 11 is 0. The first-order valence-electron chi connectivity index (χ1n) is 5.32. The topological polar surface area (TPSA) is 50.4 Å². The lowest BCUT2D eigenvalue weighted by Crippen LogP contribution is -2.43. The Morgan fingerprint density at radius 1 is 1.31 bits per heavy atom. The number of amides is 1. The van der Waals surface area contributed by atoms with Crippen molar-refractivity contribution in [3.63, 3.8) is 0 Å². The van der Waals surface area contributed by atoms with Gasteiger partial charge >= 0.3 is 0 Å². The first-order chi connectivity index (χ1) is 7.58. The van der Waals surface area contributed by atoms with E-state index in [1.54, 1.807) is 0 Å². The normalized spacial score (nSPS) is 10.2. The molecule has 1 aromatic rings. The third-order valence-corrected chi connectivity index (χ3v) is 1.89. The zero-order valence-electron chi connectivity index (χ0n) is 9.91. The molecule has 0 radical (unpaired) electrons. The fraction of sp³-hybridized carbons (Fsp3) is 0.417. The van der Waals surface area contributed by atoms with Crippen LogP contribution in [-0.2, 0) is 4.79 Å². The minimum absolute atomic E-state index is 0.0166. The van der Waals surface area contributed by atoms with E-state index in [9.17, 15) is 4.79 Å². The first kappa shape index (κ1) is 12.5. The van der Waals surface area contributed by atoms with Crippen LogP contribution in [0.25, 0.3) is 0 Å². The van der Waals surface area contributed by atoms with Gasteiger partial charge in [0, 0.05) is 6.04 Å². The molecule has 0 aliphatic rings. The van der Waals surface area contributed by atoms with Gasteiger partial charge in [-0.1, -0.05) is 17.7 Å². The highest BCUT2D eigenvalue weighted by Crippen LogP contribution is 2.10. The molecule has 1 rings (SSSR count). The molecular formula is C12H18N2O2. The summed E-state index contributed by atoms with van der Waals surface area (Å²) in [5.74, 6) is 0.513. The highest BCUT2D eigenvalue weighted by molar-refractivity contribution is 5.76. The second-order valence-corrected chi connectivity index (χ2v) is 3.95. The van der Waals surface area contributed by atoms with Crippen LogP contribution in [0.1, 0.15) is 19.4 Å². The Bertz CT molecular complexity index is 333. The molecule has 1 amide bonds. The maximum Gasteiger partial charge on any atom is 0.271 e. The molecule has 0 saturated heterocycles. The van der Waals surface area contributed by atoms with E-state index in [4.69, 9.17) is 4.74 Å². The first-order valence-corrected chi connectivity index (χ1v) is 5.32. The molecule has 16 heavy (non-hydrogen) atoms. The molecule has 88 valence electrons. The molecule has 4 nitrogen and oxygen atoms in total. The smallest absolute Gasteiger partial charge is 0.271 e. The number of hydrogen-bond donors (Lipinski definition) is 2. The van der Waals surface area contributed by atoms with Crippen molar-refractivity contribution in [2.45, 2.75) is 26.8 Å². The van der Waals surface area contributed by atoms with Gasteiger partial charge in [0.25, 0.3) is 5.91 Å². The van der Waals surface area contributed by atoms with Crippen LogP contribution in [-0.4, -0.2) is 18.6 Å². The third kappa shape index (κ3) is 4.79. The molecule has 0 heterocycles. The molecule has 0 aromatic heterocycles. The number of aryl methyl sites for hydroxylation is 1. The second-order valence-electron chi connectivity index (χ2n) is 3.95. The van der Waals surface area contributed by atoms with E-state index in [1.165, 1.54) is 5.56 Å². The summed E-state index contributed by atoms with van der Waals surface area (Å²) in [7, 11) is 0. The van der Waals surface area contributed by atoms with Gasteiger partial charge in [0.1, 0.15) is 5.75 Å². The van der Waals surface area contributed by atoms with Crippen LogP contribution in [0.5, 0.6) is 5.75 Å². The highest BCUT2D eigenvalue weighted by atomic mass is 16.5. The standard InChI is InChI=1S/C12H18N2O2/c1-9(2)13-14-12(15)8-16-11-6-4-10(3)5-7-11/h4-7,9,13H,8H2,1-3H3,(H,14,15). The van der Waals surface area contributed by atoms with Gasteiger partial charge in [-0.15, -0.1) is 0 Å². The Balaban J connectivity index is 2.29. The number of carbonyl (C=O) groups is 1. The van der Waals surface area contributed by atoms with E-state index in [0.717, 1.165) is 0 Å². The molecule has 0 bridgehead atoms. The van der Waals surface area contributed by atoms with Gasteiger partial charge in [0.2, 0.25) is 0 Å². The number of rotatable bonds is 5. The number of carbonyl (C=O) groups excluding carboxylic acids is 1. The fourth-order valence-corrected chi connectivity index (χ4v) is 1.04. The van der Waals surface area contributed by atoms with Crippen molar-refractivity contribution in [1.29, 1.82) is 0 Å². The summed E-state index contributed by atoms with van der Waals surface area (Å²) in [6, 6.07) is 7.79. The van der Waals surface area contributed by atoms with Crippen LogP contribution >= 0.6 is 0 Å². The zero-order valence-corrected chi connectivity index (χ0v) is 9.91. The van der Waals surface area contributed by atoms with Crippen LogP contribution in [0.3, 0.4) is 0 Å². The quantitative estimate of drug-likeness (QED) is 0.740. The summed E-state index contributed by atoms with van der Waals surface area (Å²) in [6.07, 6.45) is 0. The molecule has 0 aliphatic heterocycles. The number of hydrogen-bond acceptors (Lipinski definition) is 3. The Hall–Kier alpha value is -1.55. The fourth-order valence-electron chi connectivity index (χ4n) is 1.04. The second kappa shape index (κ2) is 6.12. The number of hydrazine groups is 1. The van der Waals surface area contributed by atoms with Gasteiger partial charge in [0.15, 0.2) is 6.61 Å². The SMILES string of the molecule is Cc1ccc(OCC(=O)NNC(C)C)cc1.